The number of halogens is 1. The van der Waals surface area contributed by atoms with Crippen LogP contribution in [0.5, 0.6) is 11.5 Å². The molecule has 2 rings (SSSR count). The van der Waals surface area contributed by atoms with Gasteiger partial charge in [-0.1, -0.05) is 38.1 Å². The molecule has 25 heavy (non-hydrogen) atoms. The van der Waals surface area contributed by atoms with Crippen LogP contribution in [0.3, 0.4) is 0 Å². The quantitative estimate of drug-likeness (QED) is 0.671. The van der Waals surface area contributed by atoms with Gasteiger partial charge in [0.2, 0.25) is 0 Å². The highest BCUT2D eigenvalue weighted by atomic mass is 35.5. The number of ether oxygens (including phenoxy) is 2. The summed E-state index contributed by atoms with van der Waals surface area (Å²) in [6.07, 6.45) is 0. The van der Waals surface area contributed by atoms with Crippen molar-refractivity contribution in [2.24, 2.45) is 5.73 Å². The van der Waals surface area contributed by atoms with Gasteiger partial charge in [0, 0.05) is 12.0 Å². The van der Waals surface area contributed by atoms with Gasteiger partial charge < -0.3 is 20.3 Å². The standard InChI is InChI=1S/C20H26ClNO3/c1-20(2,15-3-7-18(8-4-15)24-12-11-22)16-5-9-19(10-6-16)25-14-17(21)13-23/h3-10,17,23H,11-14,22H2,1-2H3. The maximum Gasteiger partial charge on any atom is 0.119 e. The van der Waals surface area contributed by atoms with Gasteiger partial charge in [-0.25, -0.2) is 0 Å². The maximum absolute atomic E-state index is 8.93. The van der Waals surface area contributed by atoms with Crippen LogP contribution in [0, 0.1) is 0 Å². The first-order valence-electron chi connectivity index (χ1n) is 8.39. The molecule has 0 aliphatic rings. The van der Waals surface area contributed by atoms with Gasteiger partial charge in [-0.15, -0.1) is 11.6 Å². The van der Waals surface area contributed by atoms with Crippen LogP contribution in [0.2, 0.25) is 0 Å². The molecule has 136 valence electrons. The zero-order valence-electron chi connectivity index (χ0n) is 14.7. The molecule has 0 radical (unpaired) electrons. The smallest absolute Gasteiger partial charge is 0.119 e. The first-order valence-corrected chi connectivity index (χ1v) is 8.82. The summed E-state index contributed by atoms with van der Waals surface area (Å²) >= 11 is 5.85. The summed E-state index contributed by atoms with van der Waals surface area (Å²) in [7, 11) is 0. The van der Waals surface area contributed by atoms with Gasteiger partial charge in [0.15, 0.2) is 0 Å². The zero-order valence-corrected chi connectivity index (χ0v) is 15.5. The molecule has 0 saturated carbocycles. The number of alkyl halides is 1. The highest BCUT2D eigenvalue weighted by Gasteiger charge is 2.23. The Morgan fingerprint density at radius 2 is 1.44 bits per heavy atom. The first kappa shape index (κ1) is 19.6. The molecule has 0 saturated heterocycles. The van der Waals surface area contributed by atoms with E-state index >= 15 is 0 Å². The van der Waals surface area contributed by atoms with Crippen molar-refractivity contribution >= 4 is 11.6 Å². The minimum atomic E-state index is -0.392. The van der Waals surface area contributed by atoms with E-state index in [-0.39, 0.29) is 18.6 Å². The van der Waals surface area contributed by atoms with Gasteiger partial charge in [-0.05, 0) is 35.4 Å². The average Bonchev–Trinajstić information content (AvgIpc) is 2.65. The number of aliphatic hydroxyl groups excluding tert-OH is 1. The first-order chi connectivity index (χ1) is 12.0. The summed E-state index contributed by atoms with van der Waals surface area (Å²) in [4.78, 5) is 0. The molecule has 0 fully saturated rings. The van der Waals surface area contributed by atoms with Crippen molar-refractivity contribution in [2.75, 3.05) is 26.4 Å². The monoisotopic (exact) mass is 363 g/mol. The van der Waals surface area contributed by atoms with Crippen molar-refractivity contribution in [1.82, 2.24) is 0 Å². The SMILES string of the molecule is CC(C)(c1ccc(OCCN)cc1)c1ccc(OCC(Cl)CO)cc1. The third kappa shape index (κ3) is 5.36. The molecule has 0 aromatic heterocycles. The molecule has 1 unspecified atom stereocenters. The molecule has 2 aromatic carbocycles. The fourth-order valence-electron chi connectivity index (χ4n) is 2.52. The van der Waals surface area contributed by atoms with Crippen molar-refractivity contribution in [1.29, 1.82) is 0 Å². The normalized spacial score (nSPS) is 12.7. The Labute approximate surface area is 154 Å². The van der Waals surface area contributed by atoms with Crippen LogP contribution in [0.4, 0.5) is 0 Å². The number of hydrogen-bond acceptors (Lipinski definition) is 4. The lowest BCUT2D eigenvalue weighted by Gasteiger charge is -2.26. The molecule has 0 bridgehead atoms. The molecule has 4 nitrogen and oxygen atoms in total. The zero-order chi connectivity index (χ0) is 18.3. The minimum absolute atomic E-state index is 0.0995. The number of nitrogens with two attached hydrogens (primary N) is 1. The van der Waals surface area contributed by atoms with E-state index in [1.165, 1.54) is 11.1 Å². The van der Waals surface area contributed by atoms with Gasteiger partial charge in [0.1, 0.15) is 24.7 Å². The predicted octanol–water partition coefficient (Wildman–Crippen LogP) is 3.33. The summed E-state index contributed by atoms with van der Waals surface area (Å²) in [5.41, 5.74) is 7.68. The molecular formula is C20H26ClNO3. The van der Waals surface area contributed by atoms with Crippen LogP contribution < -0.4 is 15.2 Å². The fraction of sp³-hybridized carbons (Fsp3) is 0.400. The lowest BCUT2D eigenvalue weighted by atomic mass is 9.78. The number of rotatable bonds is 9. The molecule has 0 amide bonds. The summed E-state index contributed by atoms with van der Waals surface area (Å²) < 4.78 is 11.1. The Morgan fingerprint density at radius 3 is 1.88 bits per heavy atom. The van der Waals surface area contributed by atoms with Crippen molar-refractivity contribution in [3.63, 3.8) is 0 Å². The van der Waals surface area contributed by atoms with E-state index in [9.17, 15) is 0 Å². The van der Waals surface area contributed by atoms with E-state index in [2.05, 4.69) is 38.1 Å². The molecule has 3 N–H and O–H groups in total. The van der Waals surface area contributed by atoms with Crippen LogP contribution in [-0.4, -0.2) is 36.8 Å². The summed E-state index contributed by atoms with van der Waals surface area (Å²) in [6.45, 7) is 5.56. The molecular weight excluding hydrogens is 338 g/mol. The molecule has 0 spiro atoms. The van der Waals surface area contributed by atoms with Crippen molar-refractivity contribution in [2.45, 2.75) is 24.6 Å². The highest BCUT2D eigenvalue weighted by molar-refractivity contribution is 6.20. The van der Waals surface area contributed by atoms with Gasteiger partial charge in [0.05, 0.1) is 12.0 Å². The van der Waals surface area contributed by atoms with E-state index in [0.717, 1.165) is 11.5 Å². The number of benzene rings is 2. The minimum Gasteiger partial charge on any atom is -0.492 e. The van der Waals surface area contributed by atoms with Gasteiger partial charge in [-0.3, -0.25) is 0 Å². The maximum atomic E-state index is 8.93. The van der Waals surface area contributed by atoms with Crippen molar-refractivity contribution < 1.29 is 14.6 Å². The topological polar surface area (TPSA) is 64.7 Å². The third-order valence-electron chi connectivity index (χ3n) is 4.17. The highest BCUT2D eigenvalue weighted by Crippen LogP contribution is 2.33. The summed E-state index contributed by atoms with van der Waals surface area (Å²) in [5, 5.41) is 8.54. The van der Waals surface area contributed by atoms with E-state index in [1.807, 2.05) is 24.3 Å². The van der Waals surface area contributed by atoms with Crippen LogP contribution in [0.15, 0.2) is 48.5 Å². The van der Waals surface area contributed by atoms with E-state index in [1.54, 1.807) is 0 Å². The molecule has 5 heteroatoms. The predicted molar refractivity (Wildman–Crippen MR) is 102 cm³/mol. The Bertz CT molecular complexity index is 641. The van der Waals surface area contributed by atoms with Crippen LogP contribution in [-0.2, 0) is 5.41 Å². The largest absolute Gasteiger partial charge is 0.492 e. The lowest BCUT2D eigenvalue weighted by molar-refractivity contribution is 0.238. The molecule has 0 aliphatic heterocycles. The lowest BCUT2D eigenvalue weighted by Crippen LogP contribution is -2.19. The fourth-order valence-corrected chi connectivity index (χ4v) is 2.58. The van der Waals surface area contributed by atoms with Crippen molar-refractivity contribution in [3.8, 4) is 11.5 Å². The summed E-state index contributed by atoms with van der Waals surface area (Å²) in [5.74, 6) is 1.57. The third-order valence-corrected chi connectivity index (χ3v) is 4.43. The molecule has 0 heterocycles. The van der Waals surface area contributed by atoms with Crippen LogP contribution in [0.1, 0.15) is 25.0 Å². The van der Waals surface area contributed by atoms with Gasteiger partial charge >= 0.3 is 0 Å². The second kappa shape index (κ2) is 9.09. The van der Waals surface area contributed by atoms with Crippen molar-refractivity contribution in [3.05, 3.63) is 59.7 Å². The Morgan fingerprint density at radius 1 is 0.960 bits per heavy atom. The number of hydrogen-bond donors (Lipinski definition) is 2. The summed E-state index contributed by atoms with van der Waals surface area (Å²) in [6, 6.07) is 16.1. The van der Waals surface area contributed by atoms with Gasteiger partial charge in [-0.2, -0.15) is 0 Å². The van der Waals surface area contributed by atoms with E-state index in [0.29, 0.717) is 13.2 Å². The second-order valence-corrected chi connectivity index (χ2v) is 7.02. The second-order valence-electron chi connectivity index (χ2n) is 6.40. The Hall–Kier alpha value is -1.75. The van der Waals surface area contributed by atoms with Gasteiger partial charge in [0.25, 0.3) is 0 Å². The molecule has 1 atom stereocenters. The number of aliphatic hydroxyl groups is 1. The van der Waals surface area contributed by atoms with E-state index in [4.69, 9.17) is 31.9 Å². The van der Waals surface area contributed by atoms with Crippen LogP contribution >= 0.6 is 11.6 Å². The Balaban J connectivity index is 2.07. The van der Waals surface area contributed by atoms with Crippen LogP contribution in [0.25, 0.3) is 0 Å². The Kier molecular flexibility index (Phi) is 7.12. The average molecular weight is 364 g/mol. The molecule has 2 aromatic rings. The van der Waals surface area contributed by atoms with E-state index < -0.39 is 5.38 Å². The molecule has 0 aliphatic carbocycles.